The summed E-state index contributed by atoms with van der Waals surface area (Å²) in [4.78, 5) is 5.01. The van der Waals surface area contributed by atoms with Crippen molar-refractivity contribution in [3.8, 4) is 0 Å². The van der Waals surface area contributed by atoms with Gasteiger partial charge >= 0.3 is 0 Å². The normalized spacial score (nSPS) is 23.2. The van der Waals surface area contributed by atoms with Crippen LogP contribution in [0.5, 0.6) is 0 Å². The van der Waals surface area contributed by atoms with E-state index in [9.17, 15) is 0 Å². The largest absolute Gasteiger partial charge is 0.318 e. The highest BCUT2D eigenvalue weighted by molar-refractivity contribution is 5.71. The number of benzene rings is 3. The zero-order chi connectivity index (χ0) is 34.8. The predicted octanol–water partition coefficient (Wildman–Crippen LogP) is 13.4. The molecule has 0 heterocycles. The minimum Gasteiger partial charge on any atom is -0.318 e. The maximum atomic E-state index is 2.57. The van der Waals surface area contributed by atoms with E-state index in [4.69, 9.17) is 0 Å². The van der Waals surface area contributed by atoms with Crippen molar-refractivity contribution in [1.29, 1.82) is 0 Å². The molecule has 4 aliphatic rings. The van der Waals surface area contributed by atoms with Gasteiger partial charge in [-0.05, 0) is 125 Å². The fourth-order valence-electron chi connectivity index (χ4n) is 8.80. The summed E-state index contributed by atoms with van der Waals surface area (Å²) in [6.07, 6.45) is 26.5. The number of hydrogen-bond acceptors (Lipinski definition) is 2. The first-order chi connectivity index (χ1) is 24.2. The molecular weight excluding hydrogens is 605 g/mol. The van der Waals surface area contributed by atoms with E-state index in [1.165, 1.54) is 88.5 Å². The van der Waals surface area contributed by atoms with Crippen LogP contribution in [-0.4, -0.2) is 0 Å². The maximum Gasteiger partial charge on any atom is 0.0461 e. The third-order valence-corrected chi connectivity index (χ3v) is 12.0. The quantitative estimate of drug-likeness (QED) is 0.237. The summed E-state index contributed by atoms with van der Waals surface area (Å²) in [5.74, 6) is 1.55. The molecule has 0 spiro atoms. The third kappa shape index (κ3) is 6.87. The summed E-state index contributed by atoms with van der Waals surface area (Å²) in [5, 5.41) is 0. The number of rotatable bonds is 8. The Morgan fingerprint density at radius 3 is 1.76 bits per heavy atom. The lowest BCUT2D eigenvalue weighted by atomic mass is 9.63. The number of allylic oxidation sites excluding steroid dienone is 11. The summed E-state index contributed by atoms with van der Waals surface area (Å²) in [7, 11) is 0. The zero-order valence-electron chi connectivity index (χ0n) is 31.3. The van der Waals surface area contributed by atoms with E-state index in [-0.39, 0.29) is 5.41 Å². The topological polar surface area (TPSA) is 6.48 Å². The van der Waals surface area contributed by atoms with E-state index in [1.54, 1.807) is 5.57 Å². The van der Waals surface area contributed by atoms with Gasteiger partial charge in [-0.15, -0.1) is 0 Å². The van der Waals surface area contributed by atoms with Gasteiger partial charge in [0.15, 0.2) is 0 Å². The van der Waals surface area contributed by atoms with Gasteiger partial charge in [-0.1, -0.05) is 123 Å². The van der Waals surface area contributed by atoms with Crippen LogP contribution in [0.4, 0.5) is 17.1 Å². The first-order valence-electron chi connectivity index (χ1n) is 19.2. The van der Waals surface area contributed by atoms with Gasteiger partial charge in [0.2, 0.25) is 0 Å². The van der Waals surface area contributed by atoms with E-state index in [2.05, 4.69) is 167 Å². The van der Waals surface area contributed by atoms with Gasteiger partial charge in [0.05, 0.1) is 0 Å². The molecule has 258 valence electrons. The Bertz CT molecular complexity index is 1850. The fraction of sp³-hybridized carbons (Fsp3) is 0.375. The van der Waals surface area contributed by atoms with Crippen molar-refractivity contribution in [2.24, 2.45) is 17.8 Å². The van der Waals surface area contributed by atoms with Crippen LogP contribution in [0.15, 0.2) is 144 Å². The summed E-state index contributed by atoms with van der Waals surface area (Å²) < 4.78 is 0. The van der Waals surface area contributed by atoms with Crippen LogP contribution in [0.2, 0.25) is 0 Å². The Morgan fingerprint density at radius 1 is 0.600 bits per heavy atom. The molecule has 0 bridgehead atoms. The molecule has 0 aromatic heterocycles. The Morgan fingerprint density at radius 2 is 1.20 bits per heavy atom. The second-order valence-corrected chi connectivity index (χ2v) is 15.8. The van der Waals surface area contributed by atoms with Crippen molar-refractivity contribution in [2.75, 3.05) is 9.80 Å². The van der Waals surface area contributed by atoms with Crippen molar-refractivity contribution < 1.29 is 0 Å². The molecule has 50 heavy (non-hydrogen) atoms. The lowest BCUT2D eigenvalue weighted by Crippen LogP contribution is -2.33. The smallest absolute Gasteiger partial charge is 0.0461 e. The third-order valence-electron chi connectivity index (χ3n) is 12.0. The molecule has 1 fully saturated rings. The van der Waals surface area contributed by atoms with Crippen molar-refractivity contribution in [3.05, 3.63) is 160 Å². The lowest BCUT2D eigenvalue weighted by Gasteiger charge is -2.43. The SMILES string of the molecule is CC1=CC=C(N(C2=CC=C(C3(c4ccc(N(C5=CC(C)C(C)C=C5)c5ccc(C)cc5)cc4)CCCCC3)CC2)c2ccc(C)cc2)C(C)C1. The standard InChI is InChI=1S/C48H56N2/c1-34-10-20-42(21-11-34)49(46-24-15-37(4)38(5)33-46)43-25-16-40(17-26-43)48(30-8-7-9-31-48)41-18-27-45(28-19-41)50(44-22-12-35(2)13-23-44)47-29-14-36(3)32-39(47)6/h10-18,20-27,29,33,37-39H,7-9,19,28,30-32H2,1-6H3. The van der Waals surface area contributed by atoms with Crippen molar-refractivity contribution >= 4 is 17.1 Å². The molecule has 1 saturated carbocycles. The van der Waals surface area contributed by atoms with E-state index < -0.39 is 0 Å². The molecule has 3 unspecified atom stereocenters. The number of anilines is 3. The molecule has 0 amide bonds. The van der Waals surface area contributed by atoms with Crippen LogP contribution in [0, 0.1) is 31.6 Å². The van der Waals surface area contributed by atoms with Crippen molar-refractivity contribution in [1.82, 2.24) is 0 Å². The van der Waals surface area contributed by atoms with Gasteiger partial charge < -0.3 is 9.80 Å². The lowest BCUT2D eigenvalue weighted by molar-refractivity contribution is 0.331. The zero-order valence-corrected chi connectivity index (χ0v) is 31.3. The molecule has 0 N–H and O–H groups in total. The van der Waals surface area contributed by atoms with E-state index in [1.807, 2.05) is 0 Å². The summed E-state index contributed by atoms with van der Waals surface area (Å²) >= 11 is 0. The van der Waals surface area contributed by atoms with E-state index in [0.717, 1.165) is 19.3 Å². The molecule has 3 atom stereocenters. The molecule has 3 aromatic carbocycles. The van der Waals surface area contributed by atoms with Gasteiger partial charge in [-0.3, -0.25) is 0 Å². The van der Waals surface area contributed by atoms with Crippen LogP contribution in [0.25, 0.3) is 0 Å². The Hall–Kier alpha value is -4.30. The van der Waals surface area contributed by atoms with Crippen molar-refractivity contribution in [3.63, 3.8) is 0 Å². The average molecular weight is 661 g/mol. The highest BCUT2D eigenvalue weighted by atomic mass is 15.2. The predicted molar refractivity (Wildman–Crippen MR) is 215 cm³/mol. The Kier molecular flexibility index (Phi) is 9.91. The first-order valence-corrected chi connectivity index (χ1v) is 19.2. The summed E-state index contributed by atoms with van der Waals surface area (Å²) in [6.45, 7) is 13.6. The van der Waals surface area contributed by atoms with Gasteiger partial charge in [-0.25, -0.2) is 0 Å². The Balaban J connectivity index is 1.24. The second-order valence-electron chi connectivity index (χ2n) is 15.8. The van der Waals surface area contributed by atoms with Gasteiger partial charge in [-0.2, -0.15) is 0 Å². The molecule has 0 saturated heterocycles. The molecule has 2 heteroatoms. The average Bonchev–Trinajstić information content (AvgIpc) is 3.13. The molecule has 0 aliphatic heterocycles. The van der Waals surface area contributed by atoms with Gasteiger partial charge in [0.25, 0.3) is 0 Å². The maximum absolute atomic E-state index is 2.57. The highest BCUT2D eigenvalue weighted by Crippen LogP contribution is 2.49. The van der Waals surface area contributed by atoms with Crippen LogP contribution in [0.3, 0.4) is 0 Å². The van der Waals surface area contributed by atoms with Crippen LogP contribution < -0.4 is 9.80 Å². The molecule has 7 rings (SSSR count). The van der Waals surface area contributed by atoms with Gasteiger partial charge in [0.1, 0.15) is 0 Å². The fourth-order valence-corrected chi connectivity index (χ4v) is 8.80. The summed E-state index contributed by atoms with van der Waals surface area (Å²) in [5.41, 5.74) is 15.1. The monoisotopic (exact) mass is 660 g/mol. The second kappa shape index (κ2) is 14.5. The van der Waals surface area contributed by atoms with E-state index >= 15 is 0 Å². The number of nitrogens with zero attached hydrogens (tertiary/aromatic N) is 2. The van der Waals surface area contributed by atoms with E-state index in [0.29, 0.717) is 17.8 Å². The molecule has 4 aliphatic carbocycles. The Labute approximate surface area is 302 Å². The minimum atomic E-state index is 0.105. The molecular formula is C48H56N2. The van der Waals surface area contributed by atoms with Crippen molar-refractivity contribution in [2.45, 2.75) is 98.3 Å². The number of aryl methyl sites for hydroxylation is 2. The van der Waals surface area contributed by atoms with Gasteiger partial charge in [0, 0.05) is 45.5 Å². The van der Waals surface area contributed by atoms with Crippen LogP contribution in [0.1, 0.15) is 95.8 Å². The minimum absolute atomic E-state index is 0.105. The summed E-state index contributed by atoms with van der Waals surface area (Å²) in [6, 6.07) is 27.8. The van der Waals surface area contributed by atoms with Crippen LogP contribution >= 0.6 is 0 Å². The number of hydrogen-bond donors (Lipinski definition) is 0. The van der Waals surface area contributed by atoms with Crippen LogP contribution in [-0.2, 0) is 5.41 Å². The molecule has 2 nitrogen and oxygen atoms in total. The first kappa shape index (κ1) is 34.2. The molecule has 3 aromatic rings. The highest BCUT2D eigenvalue weighted by Gasteiger charge is 2.38. The molecule has 0 radical (unpaired) electrons.